The third kappa shape index (κ3) is 9.52. The van der Waals surface area contributed by atoms with E-state index >= 15 is 0 Å². The van der Waals surface area contributed by atoms with Crippen molar-refractivity contribution >= 4 is 41.1 Å². The van der Waals surface area contributed by atoms with E-state index in [2.05, 4.69) is 39.5 Å². The predicted molar refractivity (Wildman–Crippen MR) is 181 cm³/mol. The maximum atomic E-state index is 14.6. The maximum Gasteiger partial charge on any atom is 0.336 e. The van der Waals surface area contributed by atoms with Gasteiger partial charge < -0.3 is 31.1 Å². The summed E-state index contributed by atoms with van der Waals surface area (Å²) >= 11 is 0. The highest BCUT2D eigenvalue weighted by Gasteiger charge is 2.40. The molecular formula is C34H40FN7O9. The molecule has 4 heterocycles. The molecule has 0 spiro atoms. The molecule has 0 aliphatic carbocycles. The molecule has 0 saturated carbocycles. The van der Waals surface area contributed by atoms with Gasteiger partial charge in [0, 0.05) is 55.7 Å². The summed E-state index contributed by atoms with van der Waals surface area (Å²) in [6.45, 7) is 5.69. The third-order valence-corrected chi connectivity index (χ3v) is 8.66. The van der Waals surface area contributed by atoms with Crippen molar-refractivity contribution in [2.24, 2.45) is 7.05 Å². The first-order valence-electron chi connectivity index (χ1n) is 16.1. The number of imidazole rings is 1. The normalized spacial score (nSPS) is 16.2. The summed E-state index contributed by atoms with van der Waals surface area (Å²) in [5, 5.41) is 43.5. The van der Waals surface area contributed by atoms with Crippen LogP contribution in [0.5, 0.6) is 0 Å². The van der Waals surface area contributed by atoms with Crippen LogP contribution in [0.15, 0.2) is 55.0 Å². The van der Waals surface area contributed by atoms with Crippen LogP contribution in [-0.2, 0) is 21.4 Å². The maximum absolute atomic E-state index is 14.6. The van der Waals surface area contributed by atoms with E-state index < -0.39 is 48.1 Å². The van der Waals surface area contributed by atoms with Crippen molar-refractivity contribution in [2.45, 2.75) is 63.6 Å². The Morgan fingerprint density at radius 1 is 0.961 bits per heavy atom. The number of carboxylic acids is 3. The van der Waals surface area contributed by atoms with Crippen LogP contribution in [0.4, 0.5) is 10.1 Å². The van der Waals surface area contributed by atoms with Gasteiger partial charge in [0.1, 0.15) is 17.2 Å². The molecule has 5 rings (SSSR count). The van der Waals surface area contributed by atoms with Crippen LogP contribution in [0.1, 0.15) is 66.8 Å². The number of likely N-dealkylation sites (tertiary alicyclic amines) is 1. The van der Waals surface area contributed by atoms with Crippen molar-refractivity contribution < 1.29 is 48.8 Å². The van der Waals surface area contributed by atoms with Crippen LogP contribution in [0.25, 0.3) is 16.9 Å². The van der Waals surface area contributed by atoms with Gasteiger partial charge in [-0.25, -0.2) is 14.2 Å². The minimum absolute atomic E-state index is 0.0672. The highest BCUT2D eigenvalue weighted by Crippen LogP contribution is 2.23. The Morgan fingerprint density at radius 3 is 2.22 bits per heavy atom. The van der Waals surface area contributed by atoms with Crippen LogP contribution in [-0.4, -0.2) is 105 Å². The second-order valence-corrected chi connectivity index (χ2v) is 12.4. The fourth-order valence-electron chi connectivity index (χ4n) is 5.94. The van der Waals surface area contributed by atoms with Crippen LogP contribution >= 0.6 is 0 Å². The van der Waals surface area contributed by atoms with Gasteiger partial charge in [0.25, 0.3) is 11.8 Å². The molecule has 0 bridgehead atoms. The number of amides is 2. The summed E-state index contributed by atoms with van der Waals surface area (Å²) in [4.78, 5) is 63.1. The summed E-state index contributed by atoms with van der Waals surface area (Å²) in [7, 11) is 1.85. The zero-order chi connectivity index (χ0) is 37.5. The van der Waals surface area contributed by atoms with Crippen molar-refractivity contribution in [1.82, 2.24) is 29.4 Å². The number of carboxylic acid groups (broad SMARTS) is 3. The number of hydrogen-bond donors (Lipinski definition) is 6. The topological polar surface area (TPSA) is 229 Å². The number of rotatable bonds is 12. The van der Waals surface area contributed by atoms with Gasteiger partial charge in [0.2, 0.25) is 0 Å². The number of aliphatic carboxylic acids is 3. The fourth-order valence-corrected chi connectivity index (χ4v) is 5.94. The SMILES string of the molecule is C[C@@H]1CCC[C@H](C)N1CCNC(=O)c1ccc(F)c(NC(=O)c2cnc3cc(-c4ccnn4C)ccn23)c1.O=C(O)CC(O)(CC(=O)O)C(=O)O. The van der Waals surface area contributed by atoms with E-state index in [4.69, 9.17) is 20.4 Å². The molecule has 1 fully saturated rings. The fraction of sp³-hybridized carbons (Fsp3) is 0.382. The van der Waals surface area contributed by atoms with E-state index in [0.717, 1.165) is 30.6 Å². The van der Waals surface area contributed by atoms with Gasteiger partial charge in [-0.1, -0.05) is 6.42 Å². The quantitative estimate of drug-likeness (QED) is 0.125. The summed E-state index contributed by atoms with van der Waals surface area (Å²) in [5.74, 6) is -6.49. The molecule has 3 aromatic heterocycles. The molecule has 17 heteroatoms. The number of benzene rings is 1. The lowest BCUT2D eigenvalue weighted by molar-refractivity contribution is -0.170. The number of piperidine rings is 1. The highest BCUT2D eigenvalue weighted by atomic mass is 19.1. The largest absolute Gasteiger partial charge is 0.481 e. The van der Waals surface area contributed by atoms with Gasteiger partial charge >= 0.3 is 17.9 Å². The Balaban J connectivity index is 0.000000383. The molecule has 1 aromatic carbocycles. The number of hydrogen-bond acceptors (Lipinski definition) is 9. The van der Waals surface area contributed by atoms with Gasteiger partial charge in [-0.3, -0.25) is 33.2 Å². The van der Waals surface area contributed by atoms with Crippen LogP contribution < -0.4 is 10.6 Å². The predicted octanol–water partition coefficient (Wildman–Crippen LogP) is 2.87. The number of aliphatic hydroxyl groups is 1. The second-order valence-electron chi connectivity index (χ2n) is 12.4. The standard InChI is InChI=1S/C28H32FN7O2.C6H8O7/c1-18-5-4-6-19(2)35(18)14-12-30-27(37)21-7-8-22(29)23(15-21)33-28(38)25-17-31-26-16-20(10-13-36(25)26)24-9-11-32-34(24)3;7-3(8)1-6(13,5(11)12)2-4(9)10/h7-11,13,15-19H,4-6,12,14H2,1-3H3,(H,30,37)(H,33,38);13H,1-2H2,(H,7,8)(H,9,10)(H,11,12)/t18-,19+;. The molecule has 0 radical (unpaired) electrons. The lowest BCUT2D eigenvalue weighted by Crippen LogP contribution is -2.47. The number of aromatic nitrogens is 4. The number of nitrogens with one attached hydrogen (secondary N) is 2. The molecule has 6 N–H and O–H groups in total. The summed E-state index contributed by atoms with van der Waals surface area (Å²) in [6, 6.07) is 10.6. The average Bonchev–Trinajstić information content (AvgIpc) is 3.68. The lowest BCUT2D eigenvalue weighted by atomic mass is 9.96. The van der Waals surface area contributed by atoms with Crippen molar-refractivity contribution in [3.05, 3.63) is 72.1 Å². The van der Waals surface area contributed by atoms with Crippen molar-refractivity contribution in [1.29, 1.82) is 0 Å². The summed E-state index contributed by atoms with van der Waals surface area (Å²) < 4.78 is 18.0. The van der Waals surface area contributed by atoms with Crippen molar-refractivity contribution in [2.75, 3.05) is 18.4 Å². The summed E-state index contributed by atoms with van der Waals surface area (Å²) in [6.07, 6.45) is 6.16. The number of carbonyl (C=O) groups is 5. The first-order valence-corrected chi connectivity index (χ1v) is 16.1. The molecule has 272 valence electrons. The van der Waals surface area contributed by atoms with E-state index in [1.807, 2.05) is 25.2 Å². The van der Waals surface area contributed by atoms with Crippen molar-refractivity contribution in [3.63, 3.8) is 0 Å². The molecule has 16 nitrogen and oxygen atoms in total. The Hall–Kier alpha value is -5.68. The minimum Gasteiger partial charge on any atom is -0.481 e. The molecule has 4 aromatic rings. The van der Waals surface area contributed by atoms with E-state index in [1.165, 1.54) is 30.8 Å². The molecule has 1 aliphatic rings. The second kappa shape index (κ2) is 16.4. The van der Waals surface area contributed by atoms with Crippen LogP contribution in [0, 0.1) is 5.82 Å². The molecule has 0 unspecified atom stereocenters. The van der Waals surface area contributed by atoms with Crippen molar-refractivity contribution in [3.8, 4) is 11.3 Å². The monoisotopic (exact) mass is 709 g/mol. The Kier molecular flexibility index (Phi) is 12.2. The van der Waals surface area contributed by atoms with E-state index in [-0.39, 0.29) is 22.9 Å². The number of pyridine rings is 1. The van der Waals surface area contributed by atoms with Crippen LogP contribution in [0.2, 0.25) is 0 Å². The molecular weight excluding hydrogens is 669 g/mol. The van der Waals surface area contributed by atoms with Gasteiger partial charge in [-0.2, -0.15) is 5.10 Å². The van der Waals surface area contributed by atoms with E-state index in [9.17, 15) is 28.4 Å². The third-order valence-electron chi connectivity index (χ3n) is 8.66. The average molecular weight is 710 g/mol. The first-order chi connectivity index (χ1) is 24.1. The minimum atomic E-state index is -2.74. The highest BCUT2D eigenvalue weighted by molar-refractivity contribution is 6.04. The Bertz CT molecular complexity index is 1900. The molecule has 51 heavy (non-hydrogen) atoms. The first kappa shape index (κ1) is 38.1. The number of fused-ring (bicyclic) bond motifs is 1. The smallest absolute Gasteiger partial charge is 0.336 e. The van der Waals surface area contributed by atoms with E-state index in [0.29, 0.717) is 24.3 Å². The van der Waals surface area contributed by atoms with Gasteiger partial charge in [0.15, 0.2) is 5.60 Å². The van der Waals surface area contributed by atoms with Gasteiger partial charge in [-0.05, 0) is 63.1 Å². The van der Waals surface area contributed by atoms with Gasteiger partial charge in [-0.15, -0.1) is 0 Å². The molecule has 1 aliphatic heterocycles. The zero-order valence-corrected chi connectivity index (χ0v) is 28.2. The number of halogens is 1. The van der Waals surface area contributed by atoms with Crippen LogP contribution in [0.3, 0.4) is 0 Å². The lowest BCUT2D eigenvalue weighted by Gasteiger charge is -2.39. The molecule has 2 amide bonds. The number of carbonyl (C=O) groups excluding carboxylic acids is 2. The summed E-state index contributed by atoms with van der Waals surface area (Å²) in [5.41, 5.74) is 0.110. The Labute approximate surface area is 291 Å². The Morgan fingerprint density at radius 2 is 1.63 bits per heavy atom. The number of aryl methyl sites for hydroxylation is 1. The number of nitrogens with zero attached hydrogens (tertiary/aromatic N) is 5. The van der Waals surface area contributed by atoms with Gasteiger partial charge in [0.05, 0.1) is 30.4 Å². The zero-order valence-electron chi connectivity index (χ0n) is 28.2. The number of anilines is 1. The molecule has 2 atom stereocenters. The molecule has 1 saturated heterocycles. The van der Waals surface area contributed by atoms with E-state index in [1.54, 1.807) is 21.5 Å².